The SMILES string of the molecule is CC(C)(NS(=O)(=O)c1ccc(C=CC(=O)O)cc1)C(N)=O. The lowest BCUT2D eigenvalue weighted by molar-refractivity contribution is -0.131. The second-order valence-corrected chi connectivity index (χ2v) is 6.52. The molecule has 114 valence electrons. The van der Waals surface area contributed by atoms with Gasteiger partial charge < -0.3 is 10.8 Å². The van der Waals surface area contributed by atoms with E-state index in [1.165, 1.54) is 44.2 Å². The largest absolute Gasteiger partial charge is 0.478 e. The van der Waals surface area contributed by atoms with Crippen molar-refractivity contribution in [1.29, 1.82) is 0 Å². The van der Waals surface area contributed by atoms with Crippen molar-refractivity contribution < 1.29 is 23.1 Å². The van der Waals surface area contributed by atoms with Gasteiger partial charge in [0.1, 0.15) is 5.54 Å². The van der Waals surface area contributed by atoms with E-state index in [2.05, 4.69) is 4.72 Å². The third-order valence-electron chi connectivity index (χ3n) is 2.61. The monoisotopic (exact) mass is 312 g/mol. The fourth-order valence-corrected chi connectivity index (χ4v) is 2.76. The van der Waals surface area contributed by atoms with E-state index in [1.54, 1.807) is 0 Å². The van der Waals surface area contributed by atoms with Gasteiger partial charge in [0.05, 0.1) is 4.90 Å². The van der Waals surface area contributed by atoms with Crippen LogP contribution in [-0.4, -0.2) is 30.9 Å². The molecule has 0 spiro atoms. The molecule has 1 rings (SSSR count). The van der Waals surface area contributed by atoms with Crippen LogP contribution in [0.5, 0.6) is 0 Å². The van der Waals surface area contributed by atoms with Crippen molar-refractivity contribution in [3.05, 3.63) is 35.9 Å². The predicted molar refractivity (Wildman–Crippen MR) is 76.7 cm³/mol. The molecule has 0 bridgehead atoms. The predicted octanol–water partition coefficient (Wildman–Crippen LogP) is 0.327. The van der Waals surface area contributed by atoms with E-state index in [-0.39, 0.29) is 4.90 Å². The van der Waals surface area contributed by atoms with Crippen LogP contribution in [0.2, 0.25) is 0 Å². The molecule has 0 heterocycles. The molecule has 0 radical (unpaired) electrons. The minimum absolute atomic E-state index is 0.0516. The third kappa shape index (κ3) is 4.69. The van der Waals surface area contributed by atoms with Gasteiger partial charge >= 0.3 is 5.97 Å². The fraction of sp³-hybridized carbons (Fsp3) is 0.231. The van der Waals surface area contributed by atoms with Gasteiger partial charge in [-0.2, -0.15) is 4.72 Å². The molecule has 0 saturated heterocycles. The van der Waals surface area contributed by atoms with Gasteiger partial charge in [0.15, 0.2) is 0 Å². The van der Waals surface area contributed by atoms with E-state index >= 15 is 0 Å². The van der Waals surface area contributed by atoms with E-state index in [9.17, 15) is 18.0 Å². The Morgan fingerprint density at radius 3 is 2.19 bits per heavy atom. The molecule has 0 atom stereocenters. The van der Waals surface area contributed by atoms with Crippen LogP contribution in [0.25, 0.3) is 6.08 Å². The number of sulfonamides is 1. The number of benzene rings is 1. The lowest BCUT2D eigenvalue weighted by Gasteiger charge is -2.22. The summed E-state index contributed by atoms with van der Waals surface area (Å²) in [7, 11) is -3.90. The Morgan fingerprint density at radius 1 is 1.24 bits per heavy atom. The van der Waals surface area contributed by atoms with Crippen molar-refractivity contribution in [2.75, 3.05) is 0 Å². The Morgan fingerprint density at radius 2 is 1.76 bits per heavy atom. The molecule has 8 heteroatoms. The van der Waals surface area contributed by atoms with Crippen molar-refractivity contribution in [2.45, 2.75) is 24.3 Å². The molecule has 21 heavy (non-hydrogen) atoms. The van der Waals surface area contributed by atoms with E-state index < -0.39 is 27.4 Å². The number of nitrogens with two attached hydrogens (primary N) is 1. The van der Waals surface area contributed by atoms with E-state index in [0.717, 1.165) is 6.08 Å². The second-order valence-electron chi connectivity index (χ2n) is 4.84. The molecule has 1 aromatic rings. The van der Waals surface area contributed by atoms with E-state index in [1.807, 2.05) is 0 Å². The second kappa shape index (κ2) is 6.06. The fourth-order valence-electron chi connectivity index (χ4n) is 1.37. The van der Waals surface area contributed by atoms with Crippen LogP contribution in [0.1, 0.15) is 19.4 Å². The van der Waals surface area contributed by atoms with Gasteiger partial charge in [0, 0.05) is 6.08 Å². The molecular weight excluding hydrogens is 296 g/mol. The summed E-state index contributed by atoms with van der Waals surface area (Å²) in [5, 5.41) is 8.50. The standard InChI is InChI=1S/C13H16N2O5S/c1-13(2,12(14)18)15-21(19,20)10-6-3-9(4-7-10)5-8-11(16)17/h3-8,15H,1-2H3,(H2,14,18)(H,16,17). The maximum absolute atomic E-state index is 12.1. The summed E-state index contributed by atoms with van der Waals surface area (Å²) in [4.78, 5) is 21.5. The molecule has 0 fully saturated rings. The molecule has 1 amide bonds. The summed E-state index contributed by atoms with van der Waals surface area (Å²) in [6.45, 7) is 2.72. The summed E-state index contributed by atoms with van der Waals surface area (Å²) >= 11 is 0. The Labute approximate surface area is 122 Å². The zero-order valence-corrected chi connectivity index (χ0v) is 12.3. The van der Waals surface area contributed by atoms with Crippen LogP contribution in [-0.2, 0) is 19.6 Å². The highest BCUT2D eigenvalue weighted by Gasteiger charge is 2.31. The van der Waals surface area contributed by atoms with Crippen LogP contribution in [0, 0.1) is 0 Å². The van der Waals surface area contributed by atoms with Crippen molar-refractivity contribution in [3.8, 4) is 0 Å². The van der Waals surface area contributed by atoms with Crippen molar-refractivity contribution in [2.24, 2.45) is 5.73 Å². The number of carboxylic acids is 1. The molecule has 1 aromatic carbocycles. The number of hydrogen-bond acceptors (Lipinski definition) is 4. The van der Waals surface area contributed by atoms with Crippen molar-refractivity contribution in [3.63, 3.8) is 0 Å². The van der Waals surface area contributed by atoms with Gasteiger partial charge in [0.25, 0.3) is 0 Å². The highest BCUT2D eigenvalue weighted by Crippen LogP contribution is 2.14. The first-order valence-corrected chi connectivity index (χ1v) is 7.38. The number of carbonyl (C=O) groups excluding carboxylic acids is 1. The molecule has 0 aromatic heterocycles. The molecular formula is C13H16N2O5S. The average Bonchev–Trinajstić information content (AvgIpc) is 2.35. The summed E-state index contributed by atoms with van der Waals surface area (Å²) in [5.41, 5.74) is 4.23. The van der Waals surface area contributed by atoms with Crippen molar-refractivity contribution >= 4 is 28.0 Å². The first-order chi connectivity index (χ1) is 9.54. The highest BCUT2D eigenvalue weighted by molar-refractivity contribution is 7.89. The summed E-state index contributed by atoms with van der Waals surface area (Å²) in [6.07, 6.45) is 2.28. The number of carboxylic acid groups (broad SMARTS) is 1. The van der Waals surface area contributed by atoms with Crippen molar-refractivity contribution in [1.82, 2.24) is 4.72 Å². The van der Waals surface area contributed by atoms with E-state index in [0.29, 0.717) is 5.56 Å². The number of primary amides is 1. The molecule has 4 N–H and O–H groups in total. The van der Waals surface area contributed by atoms with Gasteiger partial charge in [-0.05, 0) is 37.6 Å². The highest BCUT2D eigenvalue weighted by atomic mass is 32.2. The first kappa shape index (κ1) is 16.9. The Kier molecular flexibility index (Phi) is 4.87. The van der Waals surface area contributed by atoms with Gasteiger partial charge in [-0.25, -0.2) is 13.2 Å². The number of rotatable bonds is 6. The quantitative estimate of drug-likeness (QED) is 0.652. The lowest BCUT2D eigenvalue weighted by Crippen LogP contribution is -2.52. The number of hydrogen-bond donors (Lipinski definition) is 3. The van der Waals surface area contributed by atoms with Crippen LogP contribution in [0.15, 0.2) is 35.2 Å². The number of carbonyl (C=O) groups is 2. The van der Waals surface area contributed by atoms with E-state index in [4.69, 9.17) is 10.8 Å². The molecule has 0 unspecified atom stereocenters. The third-order valence-corrected chi connectivity index (χ3v) is 4.29. The van der Waals surface area contributed by atoms with Crippen LogP contribution >= 0.6 is 0 Å². The number of amides is 1. The molecule has 0 aliphatic rings. The molecule has 0 aliphatic heterocycles. The topological polar surface area (TPSA) is 127 Å². The van der Waals surface area contributed by atoms with Crippen LogP contribution in [0.4, 0.5) is 0 Å². The molecule has 7 nitrogen and oxygen atoms in total. The maximum Gasteiger partial charge on any atom is 0.328 e. The zero-order chi connectivity index (χ0) is 16.3. The molecule has 0 saturated carbocycles. The Bertz CT molecular complexity index is 675. The minimum atomic E-state index is -3.90. The first-order valence-electron chi connectivity index (χ1n) is 5.89. The average molecular weight is 312 g/mol. The minimum Gasteiger partial charge on any atom is -0.478 e. The summed E-state index contributed by atoms with van der Waals surface area (Å²) in [5.74, 6) is -1.90. The summed E-state index contributed by atoms with van der Waals surface area (Å²) < 4.78 is 26.4. The number of nitrogens with one attached hydrogen (secondary N) is 1. The van der Waals surface area contributed by atoms with Gasteiger partial charge in [0.2, 0.25) is 15.9 Å². The smallest absolute Gasteiger partial charge is 0.328 e. The normalized spacial score (nSPS) is 12.5. The lowest BCUT2D eigenvalue weighted by atomic mass is 10.1. The van der Waals surface area contributed by atoms with Gasteiger partial charge in [-0.15, -0.1) is 0 Å². The van der Waals surface area contributed by atoms with Crippen LogP contribution < -0.4 is 10.5 Å². The molecule has 0 aliphatic carbocycles. The van der Waals surface area contributed by atoms with Crippen LogP contribution in [0.3, 0.4) is 0 Å². The number of aliphatic carboxylic acids is 1. The summed E-state index contributed by atoms with van der Waals surface area (Å²) in [6, 6.07) is 5.51. The van der Waals surface area contributed by atoms with Gasteiger partial charge in [-0.1, -0.05) is 12.1 Å². The Balaban J connectivity index is 3.00. The zero-order valence-electron chi connectivity index (χ0n) is 11.5. The Hall–Kier alpha value is -2.19. The van der Waals surface area contributed by atoms with Gasteiger partial charge in [-0.3, -0.25) is 4.79 Å². The maximum atomic E-state index is 12.1.